The van der Waals surface area contributed by atoms with Crippen molar-refractivity contribution < 1.29 is 9.64 Å². The van der Waals surface area contributed by atoms with Crippen LogP contribution in [0.25, 0.3) is 0 Å². The zero-order chi connectivity index (χ0) is 12.2. The van der Waals surface area contributed by atoms with Crippen molar-refractivity contribution in [1.82, 2.24) is 0 Å². The van der Waals surface area contributed by atoms with Crippen LogP contribution in [-0.4, -0.2) is 16.5 Å². The SMILES string of the molecule is CC1=[N+]([O-])N(c2ccc(C)cc2)C(=O)C12CC2. The first-order chi connectivity index (χ1) is 8.06. The predicted octanol–water partition coefficient (Wildman–Crippen LogP) is 2.01. The van der Waals surface area contributed by atoms with Crippen LogP contribution in [0.15, 0.2) is 24.3 Å². The van der Waals surface area contributed by atoms with Crippen LogP contribution in [-0.2, 0) is 4.79 Å². The Kier molecular flexibility index (Phi) is 1.88. The van der Waals surface area contributed by atoms with Gasteiger partial charge in [0.15, 0.2) is 0 Å². The number of hydrogen-bond donors (Lipinski definition) is 0. The molecule has 0 saturated heterocycles. The normalized spacial score (nSPS) is 21.5. The quantitative estimate of drug-likeness (QED) is 0.547. The average molecular weight is 230 g/mol. The fourth-order valence-electron chi connectivity index (χ4n) is 2.38. The highest BCUT2D eigenvalue weighted by atomic mass is 16.5. The van der Waals surface area contributed by atoms with Crippen LogP contribution in [0.4, 0.5) is 5.69 Å². The van der Waals surface area contributed by atoms with E-state index in [1.807, 2.05) is 31.2 Å². The molecule has 3 rings (SSSR count). The lowest BCUT2D eigenvalue weighted by atomic mass is 10.0. The number of hydrogen-bond acceptors (Lipinski definition) is 2. The van der Waals surface area contributed by atoms with Gasteiger partial charge in [-0.3, -0.25) is 4.79 Å². The van der Waals surface area contributed by atoms with E-state index in [-0.39, 0.29) is 5.91 Å². The molecule has 1 amide bonds. The molecule has 1 aromatic rings. The summed E-state index contributed by atoms with van der Waals surface area (Å²) in [4.78, 5) is 13.0. The van der Waals surface area contributed by atoms with Crippen molar-refractivity contribution in [3.8, 4) is 0 Å². The number of anilines is 1. The molecule has 0 atom stereocenters. The third-order valence-electron chi connectivity index (χ3n) is 3.79. The predicted molar refractivity (Wildman–Crippen MR) is 64.6 cm³/mol. The Morgan fingerprint density at radius 2 is 1.82 bits per heavy atom. The molecule has 1 spiro atoms. The van der Waals surface area contributed by atoms with Crippen molar-refractivity contribution in [1.29, 1.82) is 0 Å². The van der Waals surface area contributed by atoms with Gasteiger partial charge in [-0.2, -0.15) is 0 Å². The number of hydrazone groups is 1. The molecule has 17 heavy (non-hydrogen) atoms. The van der Waals surface area contributed by atoms with Gasteiger partial charge >= 0.3 is 5.91 Å². The van der Waals surface area contributed by atoms with Gasteiger partial charge in [-0.25, -0.2) is 0 Å². The summed E-state index contributed by atoms with van der Waals surface area (Å²) in [5, 5.41) is 13.3. The standard InChI is InChI=1S/C13H14N2O2/c1-9-3-5-11(6-4-9)14-12(16)13(7-8-13)10(2)15(14)17/h3-6H,7-8H2,1-2H3. The van der Waals surface area contributed by atoms with Gasteiger partial charge in [-0.1, -0.05) is 27.6 Å². The summed E-state index contributed by atoms with van der Waals surface area (Å²) in [6.07, 6.45) is 1.61. The van der Waals surface area contributed by atoms with Crippen LogP contribution in [0.5, 0.6) is 0 Å². The van der Waals surface area contributed by atoms with Crippen molar-refractivity contribution in [3.63, 3.8) is 0 Å². The number of hydrazine groups is 1. The minimum atomic E-state index is -0.480. The van der Waals surface area contributed by atoms with Gasteiger partial charge < -0.3 is 5.21 Å². The highest BCUT2D eigenvalue weighted by molar-refractivity contribution is 6.16. The van der Waals surface area contributed by atoms with Gasteiger partial charge in [0.25, 0.3) is 0 Å². The summed E-state index contributed by atoms with van der Waals surface area (Å²) in [5.74, 6) is -0.0751. The summed E-state index contributed by atoms with van der Waals surface area (Å²) in [6.45, 7) is 3.73. The van der Waals surface area contributed by atoms with Crippen molar-refractivity contribution in [3.05, 3.63) is 35.0 Å². The lowest BCUT2D eigenvalue weighted by molar-refractivity contribution is -0.456. The first-order valence-corrected chi connectivity index (χ1v) is 5.79. The molecule has 1 fully saturated rings. The molecule has 0 unspecified atom stereocenters. The van der Waals surface area contributed by atoms with Crippen molar-refractivity contribution in [2.24, 2.45) is 5.41 Å². The maximum atomic E-state index is 12.3. The lowest BCUT2D eigenvalue weighted by Crippen LogP contribution is -2.33. The molecular formula is C13H14N2O2. The van der Waals surface area contributed by atoms with E-state index >= 15 is 0 Å². The molecule has 1 aromatic carbocycles. The summed E-state index contributed by atoms with van der Waals surface area (Å²) >= 11 is 0. The molecular weight excluding hydrogens is 216 g/mol. The van der Waals surface area contributed by atoms with Crippen LogP contribution in [0.1, 0.15) is 25.3 Å². The van der Waals surface area contributed by atoms with Gasteiger partial charge in [0.2, 0.25) is 5.71 Å². The Morgan fingerprint density at radius 1 is 1.24 bits per heavy atom. The van der Waals surface area contributed by atoms with Gasteiger partial charge in [-0.15, -0.1) is 0 Å². The van der Waals surface area contributed by atoms with Gasteiger partial charge in [0.1, 0.15) is 11.1 Å². The Labute approximate surface area is 99.7 Å². The smallest absolute Gasteiger partial charge is 0.301 e. The molecule has 88 valence electrons. The van der Waals surface area contributed by atoms with Crippen LogP contribution < -0.4 is 5.01 Å². The fraction of sp³-hybridized carbons (Fsp3) is 0.385. The van der Waals surface area contributed by atoms with Crippen LogP contribution in [0.2, 0.25) is 0 Å². The number of benzene rings is 1. The van der Waals surface area contributed by atoms with Crippen molar-refractivity contribution in [2.45, 2.75) is 26.7 Å². The third-order valence-corrected chi connectivity index (χ3v) is 3.79. The number of carbonyl (C=O) groups excluding carboxylic acids is 1. The second-order valence-electron chi connectivity index (χ2n) is 4.89. The average Bonchev–Trinajstić information content (AvgIpc) is 3.09. The second-order valence-corrected chi connectivity index (χ2v) is 4.89. The Bertz CT molecular complexity index is 527. The molecule has 2 aliphatic rings. The van der Waals surface area contributed by atoms with Crippen molar-refractivity contribution >= 4 is 17.3 Å². The number of nitrogens with zero attached hydrogens (tertiary/aromatic N) is 2. The van der Waals surface area contributed by atoms with Crippen LogP contribution in [0.3, 0.4) is 0 Å². The Hall–Kier alpha value is -1.84. The Morgan fingerprint density at radius 3 is 2.29 bits per heavy atom. The molecule has 4 heteroatoms. The van der Waals surface area contributed by atoms with Crippen molar-refractivity contribution in [2.75, 3.05) is 5.01 Å². The molecule has 0 N–H and O–H groups in total. The zero-order valence-corrected chi connectivity index (χ0v) is 9.93. The molecule has 1 saturated carbocycles. The first kappa shape index (κ1) is 10.3. The Balaban J connectivity index is 2.05. The molecule has 0 aromatic heterocycles. The highest BCUT2D eigenvalue weighted by Crippen LogP contribution is 2.51. The second kappa shape index (κ2) is 3.09. The van der Waals surface area contributed by atoms with Gasteiger partial charge in [0.05, 0.1) is 0 Å². The van der Waals surface area contributed by atoms with E-state index in [4.69, 9.17) is 0 Å². The third kappa shape index (κ3) is 1.24. The van der Waals surface area contributed by atoms with E-state index in [0.717, 1.165) is 23.3 Å². The minimum absolute atomic E-state index is 0.0751. The number of rotatable bonds is 1. The summed E-state index contributed by atoms with van der Waals surface area (Å²) in [5.41, 5.74) is 1.91. The number of amides is 1. The van der Waals surface area contributed by atoms with E-state index in [9.17, 15) is 10.0 Å². The molecule has 0 bridgehead atoms. The van der Waals surface area contributed by atoms with Gasteiger partial charge in [-0.05, 0) is 31.9 Å². The van der Waals surface area contributed by atoms with E-state index in [0.29, 0.717) is 11.4 Å². The molecule has 4 nitrogen and oxygen atoms in total. The van der Waals surface area contributed by atoms with Gasteiger partial charge in [0, 0.05) is 6.92 Å². The number of aryl methyl sites for hydroxylation is 1. The van der Waals surface area contributed by atoms with E-state index < -0.39 is 5.41 Å². The number of carbonyl (C=O) groups is 1. The zero-order valence-electron chi connectivity index (χ0n) is 9.93. The summed E-state index contributed by atoms with van der Waals surface area (Å²) < 4.78 is 0. The van der Waals surface area contributed by atoms with E-state index in [2.05, 4.69) is 0 Å². The molecule has 1 aliphatic carbocycles. The maximum Gasteiger partial charge on any atom is 0.301 e. The summed E-state index contributed by atoms with van der Waals surface area (Å²) in [6, 6.07) is 7.44. The summed E-state index contributed by atoms with van der Waals surface area (Å²) in [7, 11) is 0. The van der Waals surface area contributed by atoms with Crippen LogP contribution in [0, 0.1) is 17.5 Å². The monoisotopic (exact) mass is 230 g/mol. The van der Waals surface area contributed by atoms with Crippen LogP contribution >= 0.6 is 0 Å². The topological polar surface area (TPSA) is 46.4 Å². The highest BCUT2D eigenvalue weighted by Gasteiger charge is 2.65. The first-order valence-electron chi connectivity index (χ1n) is 5.79. The maximum absolute atomic E-state index is 12.3. The fourth-order valence-corrected chi connectivity index (χ4v) is 2.38. The van der Waals surface area contributed by atoms with E-state index in [1.54, 1.807) is 6.92 Å². The largest absolute Gasteiger partial charge is 0.596 e. The van der Waals surface area contributed by atoms with E-state index in [1.165, 1.54) is 5.01 Å². The molecule has 0 radical (unpaired) electrons. The lowest BCUT2D eigenvalue weighted by Gasteiger charge is -2.14. The molecule has 1 heterocycles. The molecule has 1 aliphatic heterocycles. The minimum Gasteiger partial charge on any atom is -0.596 e.